The van der Waals surface area contributed by atoms with Gasteiger partial charge in [0.15, 0.2) is 5.75 Å². The molecular weight excluding hydrogens is 286 g/mol. The molecule has 0 atom stereocenters. The minimum atomic E-state index is -0.0642. The largest absolute Gasteiger partial charge is 0.422 e. The highest BCUT2D eigenvalue weighted by atomic mass is 35.5. The van der Waals surface area contributed by atoms with E-state index in [1.165, 1.54) is 6.07 Å². The molecule has 1 aromatic carbocycles. The van der Waals surface area contributed by atoms with Gasteiger partial charge in [-0.2, -0.15) is 15.0 Å². The number of aromatic nitrogens is 3. The topological polar surface area (TPSA) is 73.9 Å². The fourth-order valence-electron chi connectivity index (χ4n) is 1.05. The molecule has 2 rings (SSSR count). The van der Waals surface area contributed by atoms with E-state index in [0.717, 1.165) is 0 Å². The van der Waals surface area contributed by atoms with Gasteiger partial charge in [-0.15, -0.1) is 0 Å². The summed E-state index contributed by atoms with van der Waals surface area (Å²) >= 11 is 17.3. The molecule has 88 valence electrons. The van der Waals surface area contributed by atoms with Crippen molar-refractivity contribution in [2.24, 2.45) is 0 Å². The van der Waals surface area contributed by atoms with Gasteiger partial charge in [0, 0.05) is 11.1 Å². The fourth-order valence-corrected chi connectivity index (χ4v) is 1.52. The predicted molar refractivity (Wildman–Crippen MR) is 65.8 cm³/mol. The number of nitrogens with zero attached hydrogens (tertiary/aromatic N) is 3. The molecule has 2 aromatic rings. The van der Waals surface area contributed by atoms with Crippen molar-refractivity contribution in [3.8, 4) is 11.8 Å². The molecule has 0 bridgehead atoms. The summed E-state index contributed by atoms with van der Waals surface area (Å²) in [6.07, 6.45) is 0. The lowest BCUT2D eigenvalue weighted by Crippen LogP contribution is -2.00. The number of rotatable bonds is 2. The van der Waals surface area contributed by atoms with E-state index in [-0.39, 0.29) is 17.2 Å². The van der Waals surface area contributed by atoms with Crippen molar-refractivity contribution < 1.29 is 4.74 Å². The maximum Gasteiger partial charge on any atom is 0.328 e. The van der Waals surface area contributed by atoms with E-state index in [2.05, 4.69) is 15.0 Å². The lowest BCUT2D eigenvalue weighted by atomic mass is 10.3. The summed E-state index contributed by atoms with van der Waals surface area (Å²) in [6, 6.07) is 4.70. The van der Waals surface area contributed by atoms with Gasteiger partial charge in [0.05, 0.1) is 5.02 Å². The average molecular weight is 292 g/mol. The summed E-state index contributed by atoms with van der Waals surface area (Å²) in [5.74, 6) is 0.263. The van der Waals surface area contributed by atoms with Crippen molar-refractivity contribution in [1.29, 1.82) is 0 Å². The maximum atomic E-state index is 5.91. The number of ether oxygens (including phenoxy) is 1. The predicted octanol–water partition coefficient (Wildman–Crippen LogP) is 3.21. The smallest absolute Gasteiger partial charge is 0.328 e. The highest BCUT2D eigenvalue weighted by Gasteiger charge is 2.08. The molecule has 0 aliphatic carbocycles. The van der Waals surface area contributed by atoms with Crippen LogP contribution in [0.1, 0.15) is 0 Å². The summed E-state index contributed by atoms with van der Waals surface area (Å²) in [7, 11) is 0. The molecule has 0 aliphatic rings. The van der Waals surface area contributed by atoms with Crippen molar-refractivity contribution >= 4 is 40.8 Å². The standard InChI is InChI=1S/C9H5Cl3N4O/c10-4-1-2-5(11)6(3-4)17-9-15-7(12)14-8(13)16-9/h1-3H,(H2,13,14,15,16). The van der Waals surface area contributed by atoms with Crippen LogP contribution in [0.25, 0.3) is 0 Å². The van der Waals surface area contributed by atoms with Crippen LogP contribution in [0.4, 0.5) is 5.95 Å². The van der Waals surface area contributed by atoms with E-state index >= 15 is 0 Å². The molecule has 0 amide bonds. The van der Waals surface area contributed by atoms with Crippen LogP contribution in [-0.4, -0.2) is 15.0 Å². The van der Waals surface area contributed by atoms with E-state index in [4.69, 9.17) is 45.3 Å². The molecule has 0 aliphatic heterocycles. The number of hydrogen-bond donors (Lipinski definition) is 1. The number of anilines is 1. The molecular formula is C9H5Cl3N4O. The summed E-state index contributed by atoms with van der Waals surface area (Å²) in [5, 5.41) is 0.771. The fraction of sp³-hybridized carbons (Fsp3) is 0. The zero-order valence-corrected chi connectivity index (χ0v) is 10.5. The third-order valence-electron chi connectivity index (χ3n) is 1.70. The van der Waals surface area contributed by atoms with Crippen LogP contribution in [0.2, 0.25) is 15.3 Å². The van der Waals surface area contributed by atoms with E-state index < -0.39 is 0 Å². The number of halogens is 3. The Morgan fingerprint density at radius 3 is 2.53 bits per heavy atom. The third kappa shape index (κ3) is 3.09. The monoisotopic (exact) mass is 290 g/mol. The first-order chi connectivity index (χ1) is 8.04. The second-order valence-corrected chi connectivity index (χ2v) is 4.10. The summed E-state index contributed by atoms with van der Waals surface area (Å²) in [6.45, 7) is 0. The Hall–Kier alpha value is -1.30. The molecule has 0 saturated carbocycles. The molecule has 0 saturated heterocycles. The summed E-state index contributed by atoms with van der Waals surface area (Å²) < 4.78 is 5.31. The molecule has 1 heterocycles. The van der Waals surface area contributed by atoms with E-state index in [0.29, 0.717) is 15.8 Å². The van der Waals surface area contributed by atoms with Gasteiger partial charge in [0.25, 0.3) is 0 Å². The van der Waals surface area contributed by atoms with Crippen molar-refractivity contribution in [1.82, 2.24) is 15.0 Å². The normalized spacial score (nSPS) is 10.3. The second kappa shape index (κ2) is 4.91. The Morgan fingerprint density at radius 2 is 1.82 bits per heavy atom. The van der Waals surface area contributed by atoms with E-state index in [1.807, 2.05) is 0 Å². The number of nitrogens with two attached hydrogens (primary N) is 1. The molecule has 2 N–H and O–H groups in total. The number of hydrogen-bond acceptors (Lipinski definition) is 5. The molecule has 0 radical (unpaired) electrons. The van der Waals surface area contributed by atoms with E-state index in [1.54, 1.807) is 12.1 Å². The van der Waals surface area contributed by atoms with Crippen molar-refractivity contribution in [3.05, 3.63) is 33.5 Å². The molecule has 0 fully saturated rings. The summed E-state index contributed by atoms with van der Waals surface area (Å²) in [5.41, 5.74) is 5.40. The third-order valence-corrected chi connectivity index (χ3v) is 2.42. The quantitative estimate of drug-likeness (QED) is 0.919. The summed E-state index contributed by atoms with van der Waals surface area (Å²) in [4.78, 5) is 11.1. The van der Waals surface area contributed by atoms with Crippen LogP contribution in [0.15, 0.2) is 18.2 Å². The van der Waals surface area contributed by atoms with Gasteiger partial charge < -0.3 is 10.5 Å². The lowest BCUT2D eigenvalue weighted by molar-refractivity contribution is 0.441. The first-order valence-corrected chi connectivity index (χ1v) is 5.48. The number of nitrogen functional groups attached to an aromatic ring is 1. The zero-order valence-electron chi connectivity index (χ0n) is 8.19. The van der Waals surface area contributed by atoms with Crippen molar-refractivity contribution in [2.75, 3.05) is 5.73 Å². The van der Waals surface area contributed by atoms with Crippen molar-refractivity contribution in [2.45, 2.75) is 0 Å². The highest BCUT2D eigenvalue weighted by molar-refractivity contribution is 6.34. The van der Waals surface area contributed by atoms with Gasteiger partial charge in [-0.25, -0.2) is 0 Å². The Bertz CT molecular complexity index is 544. The Labute approximate surface area is 112 Å². The SMILES string of the molecule is Nc1nc(Cl)nc(Oc2cc(Cl)ccc2Cl)n1. The lowest BCUT2D eigenvalue weighted by Gasteiger charge is -2.06. The molecule has 17 heavy (non-hydrogen) atoms. The second-order valence-electron chi connectivity index (χ2n) is 2.92. The van der Waals surface area contributed by atoms with Gasteiger partial charge >= 0.3 is 6.01 Å². The van der Waals surface area contributed by atoms with E-state index in [9.17, 15) is 0 Å². The van der Waals surface area contributed by atoms with Gasteiger partial charge in [0.1, 0.15) is 0 Å². The van der Waals surface area contributed by atoms with Crippen LogP contribution >= 0.6 is 34.8 Å². The maximum absolute atomic E-state index is 5.91. The molecule has 0 spiro atoms. The molecule has 0 unspecified atom stereocenters. The van der Waals surface area contributed by atoms with Crippen LogP contribution in [0.5, 0.6) is 11.8 Å². The Kier molecular flexibility index (Phi) is 3.51. The van der Waals surface area contributed by atoms with Crippen LogP contribution in [0, 0.1) is 0 Å². The molecule has 1 aromatic heterocycles. The zero-order chi connectivity index (χ0) is 12.4. The van der Waals surface area contributed by atoms with Gasteiger partial charge in [-0.05, 0) is 23.7 Å². The highest BCUT2D eigenvalue weighted by Crippen LogP contribution is 2.30. The first-order valence-electron chi connectivity index (χ1n) is 4.34. The number of benzene rings is 1. The van der Waals surface area contributed by atoms with Crippen LogP contribution in [-0.2, 0) is 0 Å². The Balaban J connectivity index is 2.34. The minimum absolute atomic E-state index is 0.0434. The minimum Gasteiger partial charge on any atom is -0.422 e. The molecule has 8 heteroatoms. The Morgan fingerprint density at radius 1 is 1.06 bits per heavy atom. The first kappa shape index (κ1) is 12.2. The van der Waals surface area contributed by atoms with Gasteiger partial charge in [-0.1, -0.05) is 23.2 Å². The average Bonchev–Trinajstić information content (AvgIpc) is 2.22. The van der Waals surface area contributed by atoms with Gasteiger partial charge in [-0.3, -0.25) is 0 Å². The molecule has 5 nitrogen and oxygen atoms in total. The van der Waals surface area contributed by atoms with Crippen LogP contribution < -0.4 is 10.5 Å². The van der Waals surface area contributed by atoms with Gasteiger partial charge in [0.2, 0.25) is 11.2 Å². The van der Waals surface area contributed by atoms with Crippen molar-refractivity contribution in [3.63, 3.8) is 0 Å². The van der Waals surface area contributed by atoms with Crippen LogP contribution in [0.3, 0.4) is 0 Å².